The number of carbonyl (C=O) groups is 1. The van der Waals surface area contributed by atoms with Crippen molar-refractivity contribution < 1.29 is 9.90 Å². The van der Waals surface area contributed by atoms with E-state index in [1.54, 1.807) is 22.7 Å². The minimum atomic E-state index is -0.923. The van der Waals surface area contributed by atoms with Crippen molar-refractivity contribution in [3.63, 3.8) is 0 Å². The van der Waals surface area contributed by atoms with Crippen molar-refractivity contribution in [2.75, 3.05) is 0 Å². The summed E-state index contributed by atoms with van der Waals surface area (Å²) in [6.45, 7) is 5.88. The van der Waals surface area contributed by atoms with Crippen molar-refractivity contribution in [2.24, 2.45) is 0 Å². The number of hydrogen-bond donors (Lipinski definition) is 1. The maximum atomic E-state index is 11.0. The number of imidazole rings is 1. The predicted octanol–water partition coefficient (Wildman–Crippen LogP) is 2.53. The summed E-state index contributed by atoms with van der Waals surface area (Å²) in [6.07, 6.45) is 1.87. The Bertz CT molecular complexity index is 525. The first-order valence-electron chi connectivity index (χ1n) is 4.72. The van der Waals surface area contributed by atoms with Gasteiger partial charge in [0.25, 0.3) is 0 Å². The summed E-state index contributed by atoms with van der Waals surface area (Å²) >= 11 is 1.55. The van der Waals surface area contributed by atoms with E-state index in [9.17, 15) is 4.79 Å². The maximum Gasteiger partial charge on any atom is 0.354 e. The zero-order valence-corrected chi connectivity index (χ0v) is 9.63. The van der Waals surface area contributed by atoms with Gasteiger partial charge < -0.3 is 5.11 Å². The summed E-state index contributed by atoms with van der Waals surface area (Å²) in [5.41, 5.74) is 0.845. The Kier molecular flexibility index (Phi) is 2.26. The average molecular weight is 224 g/mol. The van der Waals surface area contributed by atoms with Gasteiger partial charge in [-0.3, -0.25) is 4.40 Å². The minimum absolute atomic E-state index is 0.271. The molecule has 0 fully saturated rings. The van der Waals surface area contributed by atoms with Crippen LogP contribution in [0.4, 0.5) is 0 Å². The largest absolute Gasteiger partial charge is 0.477 e. The molecule has 0 saturated carbocycles. The molecular weight excluding hydrogens is 212 g/mol. The van der Waals surface area contributed by atoms with Gasteiger partial charge in [-0.1, -0.05) is 13.8 Å². The number of fused-ring (bicyclic) bond motifs is 1. The molecule has 0 amide bonds. The minimum Gasteiger partial charge on any atom is -0.477 e. The number of rotatable bonds is 2. The highest BCUT2D eigenvalue weighted by Gasteiger charge is 2.18. The summed E-state index contributed by atoms with van der Waals surface area (Å²) in [5.74, 6) is -0.522. The van der Waals surface area contributed by atoms with Gasteiger partial charge in [-0.2, -0.15) is 0 Å². The van der Waals surface area contributed by atoms with Crippen LogP contribution in [0.1, 0.15) is 40.8 Å². The van der Waals surface area contributed by atoms with Crippen LogP contribution in [0.15, 0.2) is 6.20 Å². The molecule has 0 radical (unpaired) electrons. The van der Waals surface area contributed by atoms with Crippen LogP contribution in [-0.4, -0.2) is 20.5 Å². The third-order valence-corrected chi connectivity index (χ3v) is 3.57. The smallest absolute Gasteiger partial charge is 0.354 e. The molecule has 5 heteroatoms. The topological polar surface area (TPSA) is 54.6 Å². The number of carboxylic acid groups (broad SMARTS) is 1. The Morgan fingerprint density at radius 3 is 2.80 bits per heavy atom. The molecule has 4 nitrogen and oxygen atoms in total. The first-order valence-corrected chi connectivity index (χ1v) is 5.54. The van der Waals surface area contributed by atoms with Crippen LogP contribution in [0.3, 0.4) is 0 Å². The van der Waals surface area contributed by atoms with Crippen LogP contribution >= 0.6 is 11.3 Å². The molecule has 15 heavy (non-hydrogen) atoms. The van der Waals surface area contributed by atoms with Crippen LogP contribution in [0, 0.1) is 6.92 Å². The maximum absolute atomic E-state index is 11.0. The summed E-state index contributed by atoms with van der Waals surface area (Å²) in [5, 5.41) is 9.04. The third kappa shape index (κ3) is 1.52. The highest BCUT2D eigenvalue weighted by molar-refractivity contribution is 7.17. The molecule has 0 saturated heterocycles. The number of aryl methyl sites for hydroxylation is 1. The van der Waals surface area contributed by atoms with Crippen LogP contribution < -0.4 is 0 Å². The van der Waals surface area contributed by atoms with Crippen LogP contribution in [-0.2, 0) is 0 Å². The van der Waals surface area contributed by atoms with E-state index in [0.717, 1.165) is 9.84 Å². The van der Waals surface area contributed by atoms with Gasteiger partial charge in [-0.05, 0) is 12.8 Å². The molecule has 2 heterocycles. The van der Waals surface area contributed by atoms with E-state index in [-0.39, 0.29) is 5.69 Å². The molecule has 0 aliphatic carbocycles. The summed E-state index contributed by atoms with van der Waals surface area (Å²) in [7, 11) is 0. The van der Waals surface area contributed by atoms with Crippen molar-refractivity contribution in [2.45, 2.75) is 26.7 Å². The molecule has 0 atom stereocenters. The van der Waals surface area contributed by atoms with Gasteiger partial charge in [0.15, 0.2) is 10.7 Å². The molecule has 0 bridgehead atoms. The molecule has 2 aromatic rings. The monoisotopic (exact) mass is 224 g/mol. The normalized spacial score (nSPS) is 11.5. The van der Waals surface area contributed by atoms with Gasteiger partial charge in [0.05, 0.1) is 5.69 Å². The Hall–Kier alpha value is -1.36. The van der Waals surface area contributed by atoms with Crippen molar-refractivity contribution in [1.29, 1.82) is 0 Å². The summed E-state index contributed by atoms with van der Waals surface area (Å²) in [4.78, 5) is 17.2. The molecular formula is C10H12N2O2S. The molecule has 0 aliphatic heterocycles. The van der Waals surface area contributed by atoms with E-state index in [1.165, 1.54) is 0 Å². The number of aromatic nitrogens is 2. The highest BCUT2D eigenvalue weighted by Crippen LogP contribution is 2.26. The number of aromatic carboxylic acids is 1. The third-order valence-electron chi connectivity index (χ3n) is 2.29. The Balaban J connectivity index is 2.69. The van der Waals surface area contributed by atoms with E-state index in [2.05, 4.69) is 18.8 Å². The van der Waals surface area contributed by atoms with Crippen molar-refractivity contribution in [3.05, 3.63) is 22.5 Å². The van der Waals surface area contributed by atoms with Crippen LogP contribution in [0.5, 0.6) is 0 Å². The van der Waals surface area contributed by atoms with Gasteiger partial charge in [-0.15, -0.1) is 11.3 Å². The number of nitrogens with zero attached hydrogens (tertiary/aromatic N) is 2. The molecule has 2 aromatic heterocycles. The average Bonchev–Trinajstić information content (AvgIpc) is 2.58. The highest BCUT2D eigenvalue weighted by atomic mass is 32.1. The Morgan fingerprint density at radius 2 is 2.27 bits per heavy atom. The van der Waals surface area contributed by atoms with Gasteiger partial charge in [0.1, 0.15) is 0 Å². The molecule has 0 unspecified atom stereocenters. The van der Waals surface area contributed by atoms with Gasteiger partial charge in [0.2, 0.25) is 0 Å². The number of thiazole rings is 1. The van der Waals surface area contributed by atoms with Crippen molar-refractivity contribution >= 4 is 22.3 Å². The van der Waals surface area contributed by atoms with Crippen LogP contribution in [0.25, 0.3) is 4.96 Å². The standard InChI is InChI=1S/C10H12N2O2S/c1-5(2)7-4-12-8(9(13)14)6(3)11-10(12)15-7/h4-5H,1-3H3,(H,13,14). The molecule has 0 spiro atoms. The fourth-order valence-electron chi connectivity index (χ4n) is 1.50. The van der Waals surface area contributed by atoms with Crippen molar-refractivity contribution in [3.8, 4) is 0 Å². The SMILES string of the molecule is Cc1nc2sc(C(C)C)cn2c1C(=O)O. The quantitative estimate of drug-likeness (QED) is 0.852. The van der Waals surface area contributed by atoms with Gasteiger partial charge in [-0.25, -0.2) is 9.78 Å². The summed E-state index contributed by atoms with van der Waals surface area (Å²) in [6, 6.07) is 0. The van der Waals surface area contributed by atoms with Crippen molar-refractivity contribution in [1.82, 2.24) is 9.38 Å². The lowest BCUT2D eigenvalue weighted by Gasteiger charge is -1.97. The zero-order valence-electron chi connectivity index (χ0n) is 8.81. The lowest BCUT2D eigenvalue weighted by molar-refractivity contribution is 0.0688. The number of carboxylic acids is 1. The summed E-state index contributed by atoms with van der Waals surface area (Å²) < 4.78 is 1.66. The second-order valence-corrected chi connectivity index (χ2v) is 4.83. The Labute approximate surface area is 91.2 Å². The van der Waals surface area contributed by atoms with Crippen LogP contribution in [0.2, 0.25) is 0 Å². The molecule has 1 N–H and O–H groups in total. The predicted molar refractivity (Wildman–Crippen MR) is 58.9 cm³/mol. The zero-order chi connectivity index (χ0) is 11.2. The molecule has 0 aliphatic rings. The lowest BCUT2D eigenvalue weighted by atomic mass is 10.2. The second-order valence-electron chi connectivity index (χ2n) is 3.79. The van der Waals surface area contributed by atoms with E-state index in [4.69, 9.17) is 5.11 Å². The lowest BCUT2D eigenvalue weighted by Crippen LogP contribution is -2.02. The fraction of sp³-hybridized carbons (Fsp3) is 0.400. The molecule has 0 aromatic carbocycles. The number of hydrogen-bond acceptors (Lipinski definition) is 3. The first-order chi connectivity index (χ1) is 7.00. The molecule has 2 rings (SSSR count). The first kappa shape index (κ1) is 10.2. The van der Waals surface area contributed by atoms with E-state index >= 15 is 0 Å². The fourth-order valence-corrected chi connectivity index (χ4v) is 2.53. The van der Waals surface area contributed by atoms with Gasteiger partial charge in [0, 0.05) is 11.1 Å². The van der Waals surface area contributed by atoms with E-state index < -0.39 is 5.97 Å². The molecule has 80 valence electrons. The van der Waals surface area contributed by atoms with E-state index in [1.807, 2.05) is 6.20 Å². The van der Waals surface area contributed by atoms with Gasteiger partial charge >= 0.3 is 5.97 Å². The van der Waals surface area contributed by atoms with E-state index in [0.29, 0.717) is 11.6 Å². The Morgan fingerprint density at radius 1 is 1.60 bits per heavy atom. The second kappa shape index (κ2) is 3.34.